The van der Waals surface area contributed by atoms with Crippen LogP contribution >= 0.6 is 0 Å². The van der Waals surface area contributed by atoms with E-state index in [-0.39, 0.29) is 15.5 Å². The van der Waals surface area contributed by atoms with Crippen molar-refractivity contribution < 1.29 is 25.6 Å². The van der Waals surface area contributed by atoms with Crippen molar-refractivity contribution in [2.24, 2.45) is 0 Å². The van der Waals surface area contributed by atoms with Gasteiger partial charge in [0.2, 0.25) is 0 Å². The zero-order valence-corrected chi connectivity index (χ0v) is 13.5. The topological polar surface area (TPSA) is 97.7 Å². The molecule has 0 unspecified atom stereocenters. The van der Waals surface area contributed by atoms with Crippen molar-refractivity contribution in [3.05, 3.63) is 53.6 Å². The molecule has 1 N–H and O–H groups in total. The molecule has 2 aromatic rings. The molecule has 0 spiro atoms. The molecular weight excluding hydrogens is 328 g/mol. The van der Waals surface area contributed by atoms with Crippen LogP contribution in [0.25, 0.3) is 0 Å². The molecule has 0 aliphatic heterocycles. The van der Waals surface area contributed by atoms with Gasteiger partial charge in [0.1, 0.15) is 10.6 Å². The maximum Gasteiger partial charge on any atom is 0.339 e. The second kappa shape index (κ2) is 5.71. The largest absolute Gasteiger partial charge is 0.379 e. The van der Waals surface area contributed by atoms with Gasteiger partial charge in [-0.05, 0) is 55.3 Å². The third-order valence-corrected chi connectivity index (χ3v) is 5.41. The average Bonchev–Trinajstić information content (AvgIpc) is 2.40. The van der Waals surface area contributed by atoms with E-state index in [9.17, 15) is 16.8 Å². The fourth-order valence-electron chi connectivity index (χ4n) is 1.83. The monoisotopic (exact) mass is 342 g/mol. The SMILES string of the molecule is Cc1cccc(S(=O)(=O)Oc2ccc(S(=O)(=O)O)cc2)c1C. The third-order valence-electron chi connectivity index (χ3n) is 3.15. The van der Waals surface area contributed by atoms with Gasteiger partial charge in [-0.25, -0.2) is 0 Å². The van der Waals surface area contributed by atoms with Crippen LogP contribution in [0.5, 0.6) is 5.75 Å². The van der Waals surface area contributed by atoms with E-state index in [0.29, 0.717) is 5.56 Å². The van der Waals surface area contributed by atoms with E-state index < -0.39 is 20.2 Å². The average molecular weight is 342 g/mol. The van der Waals surface area contributed by atoms with Gasteiger partial charge in [0, 0.05) is 0 Å². The first kappa shape index (κ1) is 16.5. The molecule has 8 heteroatoms. The Morgan fingerprint density at radius 3 is 2.05 bits per heavy atom. The molecule has 0 aliphatic rings. The maximum atomic E-state index is 12.3. The number of aryl methyl sites for hydroxylation is 1. The first-order chi connectivity index (χ1) is 10.1. The van der Waals surface area contributed by atoms with Gasteiger partial charge >= 0.3 is 10.1 Å². The predicted octanol–water partition coefficient (Wildman–Crippen LogP) is 2.32. The summed E-state index contributed by atoms with van der Waals surface area (Å²) in [6.07, 6.45) is 0. The van der Waals surface area contributed by atoms with Crippen LogP contribution in [0.15, 0.2) is 52.3 Å². The number of benzene rings is 2. The quantitative estimate of drug-likeness (QED) is 0.676. The van der Waals surface area contributed by atoms with Gasteiger partial charge in [-0.1, -0.05) is 12.1 Å². The molecule has 0 amide bonds. The van der Waals surface area contributed by atoms with Gasteiger partial charge in [0.05, 0.1) is 4.90 Å². The van der Waals surface area contributed by atoms with Crippen LogP contribution < -0.4 is 4.18 Å². The summed E-state index contributed by atoms with van der Waals surface area (Å²) < 4.78 is 60.2. The maximum absolute atomic E-state index is 12.3. The molecular formula is C14H14O6S2. The predicted molar refractivity (Wildman–Crippen MR) is 80.0 cm³/mol. The highest BCUT2D eigenvalue weighted by atomic mass is 32.2. The fraction of sp³-hybridized carbons (Fsp3) is 0.143. The Bertz CT molecular complexity index is 897. The molecule has 6 nitrogen and oxygen atoms in total. The van der Waals surface area contributed by atoms with Crippen molar-refractivity contribution in [2.45, 2.75) is 23.6 Å². The lowest BCUT2D eigenvalue weighted by molar-refractivity contribution is 0.482. The van der Waals surface area contributed by atoms with E-state index in [2.05, 4.69) is 0 Å². The van der Waals surface area contributed by atoms with Crippen molar-refractivity contribution in [3.8, 4) is 5.75 Å². The van der Waals surface area contributed by atoms with Gasteiger partial charge in [-0.2, -0.15) is 16.8 Å². The van der Waals surface area contributed by atoms with Gasteiger partial charge in [0.25, 0.3) is 10.1 Å². The zero-order valence-electron chi connectivity index (χ0n) is 11.8. The Morgan fingerprint density at radius 2 is 1.50 bits per heavy atom. The molecule has 0 aromatic heterocycles. The molecule has 0 heterocycles. The van der Waals surface area contributed by atoms with Crippen LogP contribution in [0, 0.1) is 13.8 Å². The molecule has 0 atom stereocenters. The minimum Gasteiger partial charge on any atom is -0.379 e. The Labute approximate surface area is 129 Å². The van der Waals surface area contributed by atoms with Gasteiger partial charge in [0.15, 0.2) is 0 Å². The van der Waals surface area contributed by atoms with E-state index in [4.69, 9.17) is 8.74 Å². The van der Waals surface area contributed by atoms with Crippen LogP contribution in [0.4, 0.5) is 0 Å². The number of rotatable bonds is 4. The van der Waals surface area contributed by atoms with Crippen molar-refractivity contribution in [1.29, 1.82) is 0 Å². The third kappa shape index (κ3) is 3.46. The van der Waals surface area contributed by atoms with Gasteiger partial charge in [-0.3, -0.25) is 4.55 Å². The van der Waals surface area contributed by atoms with E-state index in [1.165, 1.54) is 6.07 Å². The zero-order chi connectivity index (χ0) is 16.5. The lowest BCUT2D eigenvalue weighted by Gasteiger charge is -2.11. The van der Waals surface area contributed by atoms with Crippen LogP contribution in [0.1, 0.15) is 11.1 Å². The second-order valence-electron chi connectivity index (χ2n) is 4.68. The summed E-state index contributed by atoms with van der Waals surface area (Å²) in [4.78, 5) is -0.296. The van der Waals surface area contributed by atoms with Crippen LogP contribution in [-0.2, 0) is 20.2 Å². The van der Waals surface area contributed by atoms with Crippen LogP contribution in [-0.4, -0.2) is 21.4 Å². The highest BCUT2D eigenvalue weighted by molar-refractivity contribution is 7.87. The molecule has 0 saturated heterocycles. The summed E-state index contributed by atoms with van der Waals surface area (Å²) in [6.45, 7) is 3.46. The summed E-state index contributed by atoms with van der Waals surface area (Å²) in [5, 5.41) is 0. The van der Waals surface area contributed by atoms with E-state index in [1.807, 2.05) is 0 Å². The van der Waals surface area contributed by atoms with Crippen molar-refractivity contribution >= 4 is 20.2 Å². The summed E-state index contributed by atoms with van der Waals surface area (Å²) in [7, 11) is -8.36. The molecule has 0 saturated carbocycles. The highest BCUT2D eigenvalue weighted by Crippen LogP contribution is 2.24. The summed E-state index contributed by atoms with van der Waals surface area (Å²) in [5.74, 6) is -0.0479. The second-order valence-corrected chi connectivity index (χ2v) is 7.62. The Kier molecular flexibility index (Phi) is 4.28. The Balaban J connectivity index is 2.35. The van der Waals surface area contributed by atoms with Gasteiger partial charge in [-0.15, -0.1) is 0 Å². The van der Waals surface area contributed by atoms with Crippen LogP contribution in [0.2, 0.25) is 0 Å². The first-order valence-corrected chi connectivity index (χ1v) is 9.04. The molecule has 22 heavy (non-hydrogen) atoms. The number of hydrogen-bond donors (Lipinski definition) is 1. The highest BCUT2D eigenvalue weighted by Gasteiger charge is 2.20. The molecule has 118 valence electrons. The molecule has 0 fully saturated rings. The first-order valence-electron chi connectivity index (χ1n) is 6.19. The summed E-state index contributed by atoms with van der Waals surface area (Å²) in [5.41, 5.74) is 1.39. The number of hydrogen-bond acceptors (Lipinski definition) is 5. The van der Waals surface area contributed by atoms with Crippen molar-refractivity contribution in [3.63, 3.8) is 0 Å². The normalized spacial score (nSPS) is 12.1. The lowest BCUT2D eigenvalue weighted by Crippen LogP contribution is -2.12. The summed E-state index contributed by atoms with van der Waals surface area (Å²) >= 11 is 0. The molecule has 0 radical (unpaired) electrons. The smallest absolute Gasteiger partial charge is 0.339 e. The Morgan fingerprint density at radius 1 is 0.909 bits per heavy atom. The molecule has 2 rings (SSSR count). The van der Waals surface area contributed by atoms with E-state index >= 15 is 0 Å². The standard InChI is InChI=1S/C14H14O6S2/c1-10-4-3-5-14(11(10)2)22(18,19)20-12-6-8-13(9-7-12)21(15,16)17/h3-9H,1-2H3,(H,15,16,17). The molecule has 0 aliphatic carbocycles. The van der Waals surface area contributed by atoms with Gasteiger partial charge < -0.3 is 4.18 Å². The van der Waals surface area contributed by atoms with Crippen molar-refractivity contribution in [2.75, 3.05) is 0 Å². The minimum atomic E-state index is -4.33. The minimum absolute atomic E-state index is 0.0476. The molecule has 2 aromatic carbocycles. The van der Waals surface area contributed by atoms with Crippen molar-refractivity contribution in [1.82, 2.24) is 0 Å². The fourth-order valence-corrected chi connectivity index (χ4v) is 3.55. The van der Waals surface area contributed by atoms with Crippen LogP contribution in [0.3, 0.4) is 0 Å². The summed E-state index contributed by atoms with van der Waals surface area (Å²) in [6, 6.07) is 9.27. The lowest BCUT2D eigenvalue weighted by atomic mass is 10.1. The molecule has 0 bridgehead atoms. The van der Waals surface area contributed by atoms with E-state index in [1.54, 1.807) is 26.0 Å². The van der Waals surface area contributed by atoms with E-state index in [0.717, 1.165) is 29.8 Å². The Hall–Kier alpha value is -1.90.